The lowest BCUT2D eigenvalue weighted by molar-refractivity contribution is -0.123. The van der Waals surface area contributed by atoms with Crippen molar-refractivity contribution in [3.8, 4) is 0 Å². The molecule has 2 heterocycles. The lowest BCUT2D eigenvalue weighted by Crippen LogP contribution is -2.50. The summed E-state index contributed by atoms with van der Waals surface area (Å²) >= 11 is 0. The number of aromatic nitrogens is 2. The Labute approximate surface area is 139 Å². The van der Waals surface area contributed by atoms with Crippen molar-refractivity contribution in [1.82, 2.24) is 24.7 Å². The third-order valence-corrected chi connectivity index (χ3v) is 4.20. The molecule has 0 bridgehead atoms. The number of imidazole rings is 1. The summed E-state index contributed by atoms with van der Waals surface area (Å²) in [7, 11) is 0. The highest BCUT2D eigenvalue weighted by Gasteiger charge is 2.19. The highest BCUT2D eigenvalue weighted by molar-refractivity contribution is 5.78. The van der Waals surface area contributed by atoms with Crippen LogP contribution in [0.3, 0.4) is 0 Å². The van der Waals surface area contributed by atoms with Crippen molar-refractivity contribution in [2.75, 3.05) is 39.3 Å². The molecule has 0 aromatic carbocycles. The summed E-state index contributed by atoms with van der Waals surface area (Å²) < 4.78 is 2.26. The van der Waals surface area contributed by atoms with Crippen molar-refractivity contribution in [3.63, 3.8) is 0 Å². The lowest BCUT2D eigenvalue weighted by atomic mass is 10.2. The second-order valence-corrected chi connectivity index (χ2v) is 6.97. The van der Waals surface area contributed by atoms with Gasteiger partial charge in [-0.1, -0.05) is 13.8 Å². The molecule has 6 heteroatoms. The van der Waals surface area contributed by atoms with Gasteiger partial charge in [-0.25, -0.2) is 4.98 Å². The first kappa shape index (κ1) is 17.9. The van der Waals surface area contributed by atoms with Crippen molar-refractivity contribution in [3.05, 3.63) is 18.2 Å². The van der Waals surface area contributed by atoms with Crippen LogP contribution >= 0.6 is 0 Å². The van der Waals surface area contributed by atoms with E-state index in [0.717, 1.165) is 45.1 Å². The van der Waals surface area contributed by atoms with E-state index in [1.165, 1.54) is 0 Å². The Hall–Kier alpha value is -1.40. The maximum absolute atomic E-state index is 11.8. The van der Waals surface area contributed by atoms with Gasteiger partial charge in [0.05, 0.1) is 6.54 Å². The number of carbonyl (C=O) groups is 1. The van der Waals surface area contributed by atoms with Gasteiger partial charge in [-0.05, 0) is 13.8 Å². The zero-order chi connectivity index (χ0) is 16.8. The van der Waals surface area contributed by atoms with Crippen LogP contribution in [0.4, 0.5) is 0 Å². The third-order valence-electron chi connectivity index (χ3n) is 4.20. The molecule has 0 spiro atoms. The number of carbonyl (C=O) groups excluding carboxylic acids is 1. The van der Waals surface area contributed by atoms with E-state index < -0.39 is 0 Å². The molecule has 0 atom stereocenters. The van der Waals surface area contributed by atoms with E-state index in [-0.39, 0.29) is 11.9 Å². The molecular formula is C17H31N5O. The van der Waals surface area contributed by atoms with Crippen molar-refractivity contribution in [2.24, 2.45) is 0 Å². The summed E-state index contributed by atoms with van der Waals surface area (Å²) in [4.78, 5) is 21.0. The summed E-state index contributed by atoms with van der Waals surface area (Å²) in [6.45, 7) is 14.9. The van der Waals surface area contributed by atoms with Gasteiger partial charge in [0.25, 0.3) is 0 Å². The van der Waals surface area contributed by atoms with Gasteiger partial charge < -0.3 is 9.88 Å². The molecule has 1 aromatic heterocycles. The smallest absolute Gasteiger partial charge is 0.234 e. The maximum Gasteiger partial charge on any atom is 0.234 e. The van der Waals surface area contributed by atoms with Gasteiger partial charge in [0.1, 0.15) is 5.82 Å². The Morgan fingerprint density at radius 2 is 1.78 bits per heavy atom. The molecule has 1 aliphatic rings. The standard InChI is InChI=1S/C17H31N5O/c1-14(2)17-18-5-6-22(17)12-11-20-7-9-21(10-8-20)13-16(23)19-15(3)4/h5-6,14-15H,7-13H2,1-4H3,(H,19,23). The van der Waals surface area contributed by atoms with E-state index in [0.29, 0.717) is 12.5 Å². The number of hydrogen-bond acceptors (Lipinski definition) is 4. The van der Waals surface area contributed by atoms with Crippen LogP contribution in [0.25, 0.3) is 0 Å². The average Bonchev–Trinajstić information content (AvgIpc) is 2.94. The van der Waals surface area contributed by atoms with Gasteiger partial charge in [0.2, 0.25) is 5.91 Å². The number of rotatable bonds is 7. The highest BCUT2D eigenvalue weighted by Crippen LogP contribution is 2.12. The Kier molecular flexibility index (Phi) is 6.59. The first-order valence-corrected chi connectivity index (χ1v) is 8.70. The van der Waals surface area contributed by atoms with Crippen LogP contribution in [-0.4, -0.2) is 70.6 Å². The molecule has 1 aliphatic heterocycles. The molecule has 130 valence electrons. The van der Waals surface area contributed by atoms with E-state index in [2.05, 4.69) is 44.7 Å². The summed E-state index contributed by atoms with van der Waals surface area (Å²) in [6.07, 6.45) is 3.96. The fourth-order valence-electron chi connectivity index (χ4n) is 3.00. The van der Waals surface area contributed by atoms with Gasteiger partial charge in [-0.3, -0.25) is 14.6 Å². The Morgan fingerprint density at radius 1 is 1.13 bits per heavy atom. The largest absolute Gasteiger partial charge is 0.353 e. The summed E-state index contributed by atoms with van der Waals surface area (Å²) in [5.74, 6) is 1.75. The molecule has 0 unspecified atom stereocenters. The van der Waals surface area contributed by atoms with E-state index in [1.54, 1.807) is 0 Å². The second-order valence-electron chi connectivity index (χ2n) is 6.97. The molecule has 0 aliphatic carbocycles. The molecule has 6 nitrogen and oxygen atoms in total. The number of piperazine rings is 1. The van der Waals surface area contributed by atoms with E-state index in [1.807, 2.05) is 20.0 Å². The van der Waals surface area contributed by atoms with Crippen LogP contribution < -0.4 is 5.32 Å². The Bertz CT molecular complexity index is 489. The number of hydrogen-bond donors (Lipinski definition) is 1. The average molecular weight is 321 g/mol. The van der Waals surface area contributed by atoms with Crippen LogP contribution in [-0.2, 0) is 11.3 Å². The van der Waals surface area contributed by atoms with Crippen LogP contribution in [0.5, 0.6) is 0 Å². The molecule has 23 heavy (non-hydrogen) atoms. The third kappa shape index (κ3) is 5.62. The second kappa shape index (κ2) is 8.45. The normalized spacial score (nSPS) is 17.1. The Morgan fingerprint density at radius 3 is 2.39 bits per heavy atom. The van der Waals surface area contributed by atoms with Crippen LogP contribution in [0.2, 0.25) is 0 Å². The summed E-state index contributed by atoms with van der Waals surface area (Å²) in [5, 5.41) is 2.96. The molecule has 1 aromatic rings. The van der Waals surface area contributed by atoms with Gasteiger partial charge in [0.15, 0.2) is 0 Å². The van der Waals surface area contributed by atoms with Gasteiger partial charge >= 0.3 is 0 Å². The predicted molar refractivity (Wildman–Crippen MR) is 92.5 cm³/mol. The topological polar surface area (TPSA) is 53.4 Å². The van der Waals surface area contributed by atoms with Crippen molar-refractivity contribution >= 4 is 5.91 Å². The molecule has 1 fully saturated rings. The highest BCUT2D eigenvalue weighted by atomic mass is 16.2. The fourth-order valence-corrected chi connectivity index (χ4v) is 3.00. The maximum atomic E-state index is 11.8. The number of nitrogens with one attached hydrogen (secondary N) is 1. The number of amides is 1. The zero-order valence-electron chi connectivity index (χ0n) is 15.0. The lowest BCUT2D eigenvalue weighted by Gasteiger charge is -2.34. The molecule has 1 amide bonds. The summed E-state index contributed by atoms with van der Waals surface area (Å²) in [6, 6.07) is 0.217. The monoisotopic (exact) mass is 321 g/mol. The van der Waals surface area contributed by atoms with Crippen LogP contribution in [0.15, 0.2) is 12.4 Å². The summed E-state index contributed by atoms with van der Waals surface area (Å²) in [5.41, 5.74) is 0. The SMILES string of the molecule is CC(C)NC(=O)CN1CCN(CCn2ccnc2C(C)C)CC1. The minimum Gasteiger partial charge on any atom is -0.353 e. The first-order chi connectivity index (χ1) is 11.0. The molecular weight excluding hydrogens is 290 g/mol. The van der Waals surface area contributed by atoms with Gasteiger partial charge in [-0.2, -0.15) is 0 Å². The molecule has 0 saturated carbocycles. The van der Waals surface area contributed by atoms with Crippen molar-refractivity contribution in [2.45, 2.75) is 46.2 Å². The van der Waals surface area contributed by atoms with Crippen molar-refractivity contribution < 1.29 is 4.79 Å². The first-order valence-electron chi connectivity index (χ1n) is 8.70. The Balaban J connectivity index is 1.70. The van der Waals surface area contributed by atoms with E-state index in [4.69, 9.17) is 0 Å². The van der Waals surface area contributed by atoms with Crippen LogP contribution in [0, 0.1) is 0 Å². The van der Waals surface area contributed by atoms with E-state index in [9.17, 15) is 4.79 Å². The van der Waals surface area contributed by atoms with Gasteiger partial charge in [-0.15, -0.1) is 0 Å². The van der Waals surface area contributed by atoms with Crippen LogP contribution in [0.1, 0.15) is 39.4 Å². The number of nitrogens with zero attached hydrogens (tertiary/aromatic N) is 4. The molecule has 0 radical (unpaired) electrons. The zero-order valence-corrected chi connectivity index (χ0v) is 15.0. The molecule has 2 rings (SSSR count). The van der Waals surface area contributed by atoms with E-state index >= 15 is 0 Å². The molecule has 1 saturated heterocycles. The van der Waals surface area contributed by atoms with Crippen molar-refractivity contribution in [1.29, 1.82) is 0 Å². The van der Waals surface area contributed by atoms with Gasteiger partial charge in [0, 0.05) is 63.6 Å². The minimum absolute atomic E-state index is 0.133. The molecule has 1 N–H and O–H groups in total. The quantitative estimate of drug-likeness (QED) is 0.818. The minimum atomic E-state index is 0.133. The predicted octanol–water partition coefficient (Wildman–Crippen LogP) is 1.15. The fraction of sp³-hybridized carbons (Fsp3) is 0.765.